The van der Waals surface area contributed by atoms with Gasteiger partial charge in [-0.25, -0.2) is 13.8 Å². The SMILES string of the molecule is Cc1cccc(CSc2nc(Oc3ccc(F)cc3F)cc(C(F)(F)F)n2)c1. The van der Waals surface area contributed by atoms with E-state index in [1.807, 2.05) is 31.2 Å². The number of aromatic nitrogens is 2. The van der Waals surface area contributed by atoms with E-state index in [1.165, 1.54) is 0 Å². The molecule has 0 aliphatic rings. The van der Waals surface area contributed by atoms with Crippen molar-refractivity contribution >= 4 is 11.8 Å². The number of hydrogen-bond donors (Lipinski definition) is 0. The van der Waals surface area contributed by atoms with Gasteiger partial charge < -0.3 is 4.74 Å². The number of halogens is 5. The fourth-order valence-electron chi connectivity index (χ4n) is 2.29. The first kappa shape index (κ1) is 20.1. The van der Waals surface area contributed by atoms with Gasteiger partial charge in [0, 0.05) is 17.9 Å². The van der Waals surface area contributed by atoms with E-state index in [-0.39, 0.29) is 5.16 Å². The number of alkyl halides is 3. The Balaban J connectivity index is 1.88. The molecule has 1 aromatic heterocycles. The van der Waals surface area contributed by atoms with Crippen LogP contribution < -0.4 is 4.74 Å². The van der Waals surface area contributed by atoms with Crippen LogP contribution in [0.2, 0.25) is 0 Å². The van der Waals surface area contributed by atoms with Gasteiger partial charge in [0.2, 0.25) is 5.88 Å². The number of rotatable bonds is 5. The van der Waals surface area contributed by atoms with Gasteiger partial charge in [0.1, 0.15) is 5.82 Å². The first-order chi connectivity index (χ1) is 13.2. The molecule has 28 heavy (non-hydrogen) atoms. The van der Waals surface area contributed by atoms with Crippen LogP contribution in [0.4, 0.5) is 22.0 Å². The molecule has 0 aliphatic carbocycles. The van der Waals surface area contributed by atoms with Gasteiger partial charge in [-0.2, -0.15) is 18.2 Å². The number of ether oxygens (including phenoxy) is 1. The van der Waals surface area contributed by atoms with Crippen molar-refractivity contribution in [2.45, 2.75) is 24.0 Å². The van der Waals surface area contributed by atoms with Crippen molar-refractivity contribution in [3.8, 4) is 11.6 Å². The number of benzene rings is 2. The van der Waals surface area contributed by atoms with Gasteiger partial charge in [0.05, 0.1) is 0 Å². The zero-order valence-electron chi connectivity index (χ0n) is 14.4. The number of hydrogen-bond acceptors (Lipinski definition) is 4. The summed E-state index contributed by atoms with van der Waals surface area (Å²) in [6.07, 6.45) is -4.74. The highest BCUT2D eigenvalue weighted by Crippen LogP contribution is 2.33. The summed E-state index contributed by atoms with van der Waals surface area (Å²) in [5.41, 5.74) is 0.684. The predicted octanol–water partition coefficient (Wildman–Crippen LogP) is 6.17. The van der Waals surface area contributed by atoms with E-state index in [2.05, 4.69) is 9.97 Å². The van der Waals surface area contributed by atoms with Crippen LogP contribution in [0.1, 0.15) is 16.8 Å². The molecule has 0 saturated carbocycles. The van der Waals surface area contributed by atoms with Crippen LogP contribution in [0, 0.1) is 18.6 Å². The molecule has 146 valence electrons. The quantitative estimate of drug-likeness (QED) is 0.285. The minimum absolute atomic E-state index is 0.172. The van der Waals surface area contributed by atoms with Crippen LogP contribution in [-0.4, -0.2) is 9.97 Å². The Bertz CT molecular complexity index is 994. The summed E-state index contributed by atoms with van der Waals surface area (Å²) < 4.78 is 71.3. The second-order valence-electron chi connectivity index (χ2n) is 5.83. The number of thioether (sulfide) groups is 1. The zero-order chi connectivity index (χ0) is 20.3. The Morgan fingerprint density at radius 2 is 1.79 bits per heavy atom. The lowest BCUT2D eigenvalue weighted by Gasteiger charge is -2.11. The molecule has 9 heteroatoms. The average molecular weight is 412 g/mol. The molecule has 0 spiro atoms. The third-order valence-electron chi connectivity index (χ3n) is 3.53. The van der Waals surface area contributed by atoms with Crippen LogP contribution in [0.5, 0.6) is 11.6 Å². The maximum atomic E-state index is 13.7. The maximum Gasteiger partial charge on any atom is 0.433 e. The van der Waals surface area contributed by atoms with Crippen LogP contribution in [0.25, 0.3) is 0 Å². The van der Waals surface area contributed by atoms with E-state index in [0.717, 1.165) is 35.0 Å². The van der Waals surface area contributed by atoms with E-state index >= 15 is 0 Å². The summed E-state index contributed by atoms with van der Waals surface area (Å²) >= 11 is 0.988. The molecular formula is C19H13F5N2OS. The summed E-state index contributed by atoms with van der Waals surface area (Å²) in [7, 11) is 0. The first-order valence-electron chi connectivity index (χ1n) is 7.98. The smallest absolute Gasteiger partial charge is 0.433 e. The van der Waals surface area contributed by atoms with Crippen molar-refractivity contribution in [2.24, 2.45) is 0 Å². The summed E-state index contributed by atoms with van der Waals surface area (Å²) in [5.74, 6) is -2.48. The Kier molecular flexibility index (Phi) is 5.83. The molecule has 3 nitrogen and oxygen atoms in total. The summed E-state index contributed by atoms with van der Waals surface area (Å²) in [5, 5.41) is -0.172. The third-order valence-corrected chi connectivity index (χ3v) is 4.45. The van der Waals surface area contributed by atoms with Crippen LogP contribution in [0.15, 0.2) is 53.7 Å². The Morgan fingerprint density at radius 1 is 1.00 bits per heavy atom. The summed E-state index contributed by atoms with van der Waals surface area (Å²) in [6.45, 7) is 1.90. The maximum absolute atomic E-state index is 13.7. The topological polar surface area (TPSA) is 35.0 Å². The lowest BCUT2D eigenvalue weighted by Crippen LogP contribution is -2.10. The van der Waals surface area contributed by atoms with Gasteiger partial charge >= 0.3 is 6.18 Å². The third kappa shape index (κ3) is 5.19. The lowest BCUT2D eigenvalue weighted by atomic mass is 10.2. The minimum Gasteiger partial charge on any atom is -0.436 e. The van der Waals surface area contributed by atoms with Gasteiger partial charge in [-0.05, 0) is 24.6 Å². The average Bonchev–Trinajstić information content (AvgIpc) is 2.62. The minimum atomic E-state index is -4.74. The fraction of sp³-hybridized carbons (Fsp3) is 0.158. The Morgan fingerprint density at radius 3 is 2.46 bits per heavy atom. The van der Waals surface area contributed by atoms with Crippen LogP contribution >= 0.6 is 11.8 Å². The van der Waals surface area contributed by atoms with Gasteiger partial charge in [0.25, 0.3) is 0 Å². The van der Waals surface area contributed by atoms with Gasteiger partial charge in [0.15, 0.2) is 22.4 Å². The van der Waals surface area contributed by atoms with E-state index in [1.54, 1.807) is 0 Å². The van der Waals surface area contributed by atoms with Crippen LogP contribution in [0.3, 0.4) is 0 Å². The van der Waals surface area contributed by atoms with Crippen molar-refractivity contribution in [3.63, 3.8) is 0 Å². The van der Waals surface area contributed by atoms with E-state index < -0.39 is 35.1 Å². The van der Waals surface area contributed by atoms with Crippen molar-refractivity contribution < 1.29 is 26.7 Å². The normalized spacial score (nSPS) is 11.5. The highest BCUT2D eigenvalue weighted by molar-refractivity contribution is 7.98. The molecule has 3 rings (SSSR count). The van der Waals surface area contributed by atoms with Crippen molar-refractivity contribution in [1.29, 1.82) is 0 Å². The van der Waals surface area contributed by atoms with Gasteiger partial charge in [-0.15, -0.1) is 0 Å². The van der Waals surface area contributed by atoms with E-state index in [9.17, 15) is 22.0 Å². The van der Waals surface area contributed by atoms with E-state index in [4.69, 9.17) is 4.74 Å². The molecule has 3 aromatic rings. The molecule has 2 aromatic carbocycles. The molecule has 1 heterocycles. The van der Waals surface area contributed by atoms with Gasteiger partial charge in [-0.3, -0.25) is 0 Å². The summed E-state index contributed by atoms with van der Waals surface area (Å²) in [4.78, 5) is 7.43. The van der Waals surface area contributed by atoms with Gasteiger partial charge in [-0.1, -0.05) is 41.6 Å². The molecule has 0 amide bonds. The second-order valence-corrected chi connectivity index (χ2v) is 6.77. The standard InChI is InChI=1S/C19H13F5N2OS/c1-11-3-2-4-12(7-11)10-28-18-25-16(19(22,23)24)9-17(26-18)27-15-6-5-13(20)8-14(15)21/h2-9H,10H2,1H3. The predicted molar refractivity (Wildman–Crippen MR) is 94.2 cm³/mol. The summed E-state index contributed by atoms with van der Waals surface area (Å²) in [6, 6.07) is 10.5. The lowest BCUT2D eigenvalue weighted by molar-refractivity contribution is -0.141. The molecular weight excluding hydrogens is 399 g/mol. The first-order valence-corrected chi connectivity index (χ1v) is 8.97. The zero-order valence-corrected chi connectivity index (χ0v) is 15.2. The Labute approximate surface area is 161 Å². The fourth-order valence-corrected chi connectivity index (χ4v) is 3.08. The largest absolute Gasteiger partial charge is 0.436 e. The van der Waals surface area contributed by atoms with Crippen molar-refractivity contribution in [1.82, 2.24) is 9.97 Å². The highest BCUT2D eigenvalue weighted by Gasteiger charge is 2.34. The molecule has 0 unspecified atom stereocenters. The molecule has 0 atom stereocenters. The molecule has 0 radical (unpaired) electrons. The molecule has 0 fully saturated rings. The van der Waals surface area contributed by atoms with Crippen LogP contribution in [-0.2, 0) is 11.9 Å². The molecule has 0 N–H and O–H groups in total. The number of nitrogens with zero attached hydrogens (tertiary/aromatic N) is 2. The highest BCUT2D eigenvalue weighted by atomic mass is 32.2. The number of aryl methyl sites for hydroxylation is 1. The molecule has 0 saturated heterocycles. The molecule has 0 aliphatic heterocycles. The van der Waals surface area contributed by atoms with Crippen molar-refractivity contribution in [2.75, 3.05) is 0 Å². The second kappa shape index (κ2) is 8.14. The Hall–Kier alpha value is -2.68. The monoisotopic (exact) mass is 412 g/mol. The van der Waals surface area contributed by atoms with Crippen molar-refractivity contribution in [3.05, 3.63) is 77.0 Å². The van der Waals surface area contributed by atoms with E-state index in [0.29, 0.717) is 17.9 Å². The molecule has 0 bridgehead atoms.